The van der Waals surface area contributed by atoms with Crippen molar-refractivity contribution in [3.05, 3.63) is 60.2 Å². The molecule has 1 N–H and O–H groups in total. The predicted molar refractivity (Wildman–Crippen MR) is 104 cm³/mol. The Balaban J connectivity index is 2.10. The van der Waals surface area contributed by atoms with Crippen LogP contribution in [0.2, 0.25) is 0 Å². The van der Waals surface area contributed by atoms with Crippen molar-refractivity contribution < 1.29 is 14.3 Å². The van der Waals surface area contributed by atoms with Crippen LogP contribution in [0.5, 0.6) is 11.5 Å². The van der Waals surface area contributed by atoms with Crippen LogP contribution in [0, 0.1) is 5.92 Å². The number of methoxy groups -OCH3 is 1. The molecule has 2 aromatic rings. The Morgan fingerprint density at radius 3 is 2.19 bits per heavy atom. The van der Waals surface area contributed by atoms with Crippen molar-refractivity contribution in [3.8, 4) is 11.5 Å². The van der Waals surface area contributed by atoms with E-state index in [1.807, 2.05) is 61.5 Å². The number of nitrogens with one attached hydrogen (secondary N) is 1. The molecule has 4 nitrogen and oxygen atoms in total. The number of hydrogen-bond donors (Lipinski definition) is 1. The first-order valence-electron chi connectivity index (χ1n) is 9.19. The highest BCUT2D eigenvalue weighted by molar-refractivity contribution is 5.81. The second-order valence-electron chi connectivity index (χ2n) is 6.79. The van der Waals surface area contributed by atoms with Crippen LogP contribution in [0.4, 0.5) is 0 Å². The molecule has 2 aromatic carbocycles. The molecule has 0 saturated heterocycles. The summed E-state index contributed by atoms with van der Waals surface area (Å²) < 4.78 is 11.1. The van der Waals surface area contributed by atoms with Gasteiger partial charge in [-0.25, -0.2) is 0 Å². The first-order chi connectivity index (χ1) is 12.5. The Labute approximate surface area is 156 Å². The van der Waals surface area contributed by atoms with Gasteiger partial charge in [0.1, 0.15) is 11.5 Å². The number of carbonyl (C=O) groups excluding carboxylic acids is 1. The van der Waals surface area contributed by atoms with E-state index >= 15 is 0 Å². The van der Waals surface area contributed by atoms with E-state index < -0.39 is 6.10 Å². The summed E-state index contributed by atoms with van der Waals surface area (Å²) in [6, 6.07) is 17.3. The van der Waals surface area contributed by atoms with Gasteiger partial charge in [-0.15, -0.1) is 0 Å². The van der Waals surface area contributed by atoms with E-state index in [4.69, 9.17) is 9.47 Å². The molecule has 0 aliphatic rings. The zero-order chi connectivity index (χ0) is 18.9. The van der Waals surface area contributed by atoms with Gasteiger partial charge in [-0.05, 0) is 48.6 Å². The Bertz CT molecular complexity index is 668. The first kappa shape index (κ1) is 19.8. The maximum absolute atomic E-state index is 12.8. The fourth-order valence-corrected chi connectivity index (χ4v) is 2.84. The average molecular weight is 355 g/mol. The van der Waals surface area contributed by atoms with E-state index in [1.165, 1.54) is 0 Å². The Kier molecular flexibility index (Phi) is 7.52. The van der Waals surface area contributed by atoms with E-state index in [2.05, 4.69) is 19.2 Å². The van der Waals surface area contributed by atoms with Gasteiger partial charge in [0.05, 0.1) is 13.2 Å². The molecule has 0 unspecified atom stereocenters. The average Bonchev–Trinajstić information content (AvgIpc) is 2.66. The fraction of sp³-hybridized carbons (Fsp3) is 0.409. The Morgan fingerprint density at radius 2 is 1.65 bits per heavy atom. The lowest BCUT2D eigenvalue weighted by atomic mass is 9.96. The van der Waals surface area contributed by atoms with Crippen LogP contribution in [0.15, 0.2) is 54.6 Å². The number of benzene rings is 2. The lowest BCUT2D eigenvalue weighted by Crippen LogP contribution is -2.40. The SMILES string of the molecule is CC[C@@H](Oc1ccccc1)C(=O)N[C@H](CC(C)C)c1ccc(OC)cc1. The second kappa shape index (κ2) is 9.85. The summed E-state index contributed by atoms with van der Waals surface area (Å²) in [6.07, 6.45) is 0.961. The lowest BCUT2D eigenvalue weighted by molar-refractivity contribution is -0.129. The van der Waals surface area contributed by atoms with Gasteiger partial charge in [0.25, 0.3) is 5.91 Å². The van der Waals surface area contributed by atoms with Crippen LogP contribution in [0.3, 0.4) is 0 Å². The Morgan fingerprint density at radius 1 is 1.00 bits per heavy atom. The monoisotopic (exact) mass is 355 g/mol. The standard InChI is InChI=1S/C22H29NO3/c1-5-21(26-19-9-7-6-8-10-19)22(24)23-20(15-16(2)3)17-11-13-18(25-4)14-12-17/h6-14,16,20-21H,5,15H2,1-4H3,(H,23,24)/t20-,21-/m1/s1. The molecule has 26 heavy (non-hydrogen) atoms. The summed E-state index contributed by atoms with van der Waals surface area (Å²) in [4.78, 5) is 12.8. The normalized spacial score (nSPS) is 13.1. The second-order valence-corrected chi connectivity index (χ2v) is 6.79. The maximum Gasteiger partial charge on any atom is 0.261 e. The van der Waals surface area contributed by atoms with Crippen LogP contribution < -0.4 is 14.8 Å². The molecular formula is C22H29NO3. The largest absolute Gasteiger partial charge is 0.497 e. The smallest absolute Gasteiger partial charge is 0.261 e. The van der Waals surface area contributed by atoms with Gasteiger partial charge in [0, 0.05) is 0 Å². The molecule has 0 aromatic heterocycles. The number of hydrogen-bond acceptors (Lipinski definition) is 3. The molecule has 2 atom stereocenters. The number of amides is 1. The minimum Gasteiger partial charge on any atom is -0.497 e. The number of carbonyl (C=O) groups is 1. The molecule has 140 valence electrons. The third-order valence-electron chi connectivity index (χ3n) is 4.23. The van der Waals surface area contributed by atoms with Crippen molar-refractivity contribution in [2.24, 2.45) is 5.92 Å². The van der Waals surface area contributed by atoms with Gasteiger partial charge < -0.3 is 14.8 Å². The van der Waals surface area contributed by atoms with Gasteiger partial charge >= 0.3 is 0 Å². The molecule has 0 spiro atoms. The summed E-state index contributed by atoms with van der Waals surface area (Å²) in [5.74, 6) is 1.89. The summed E-state index contributed by atoms with van der Waals surface area (Å²) in [5.41, 5.74) is 1.07. The summed E-state index contributed by atoms with van der Waals surface area (Å²) in [5, 5.41) is 3.17. The molecule has 4 heteroatoms. The van der Waals surface area contributed by atoms with Crippen molar-refractivity contribution in [1.82, 2.24) is 5.32 Å². The molecular weight excluding hydrogens is 326 g/mol. The van der Waals surface area contributed by atoms with Crippen molar-refractivity contribution in [2.45, 2.75) is 45.8 Å². The highest BCUT2D eigenvalue weighted by Crippen LogP contribution is 2.24. The molecule has 1 amide bonds. The number of ether oxygens (including phenoxy) is 2. The minimum absolute atomic E-state index is 0.0539. The highest BCUT2D eigenvalue weighted by Gasteiger charge is 2.23. The summed E-state index contributed by atoms with van der Waals surface area (Å²) in [6.45, 7) is 6.26. The molecule has 0 heterocycles. The van der Waals surface area contributed by atoms with E-state index in [9.17, 15) is 4.79 Å². The first-order valence-corrected chi connectivity index (χ1v) is 9.19. The van der Waals surface area contributed by atoms with Gasteiger partial charge in [-0.3, -0.25) is 4.79 Å². The fourth-order valence-electron chi connectivity index (χ4n) is 2.84. The van der Waals surface area contributed by atoms with Crippen molar-refractivity contribution in [3.63, 3.8) is 0 Å². The third-order valence-corrected chi connectivity index (χ3v) is 4.23. The van der Waals surface area contributed by atoms with Crippen LogP contribution in [0.1, 0.15) is 45.2 Å². The van der Waals surface area contributed by atoms with Gasteiger partial charge in [-0.1, -0.05) is 51.1 Å². The van der Waals surface area contributed by atoms with Crippen molar-refractivity contribution >= 4 is 5.91 Å². The molecule has 2 rings (SSSR count). The molecule has 0 fully saturated rings. The highest BCUT2D eigenvalue weighted by atomic mass is 16.5. The van der Waals surface area contributed by atoms with Gasteiger partial charge in [-0.2, -0.15) is 0 Å². The molecule has 0 saturated carbocycles. The van der Waals surface area contributed by atoms with E-state index in [0.29, 0.717) is 18.1 Å². The van der Waals surface area contributed by atoms with Crippen LogP contribution >= 0.6 is 0 Å². The van der Waals surface area contributed by atoms with E-state index in [0.717, 1.165) is 17.7 Å². The van der Waals surface area contributed by atoms with E-state index in [1.54, 1.807) is 7.11 Å². The summed E-state index contributed by atoms with van der Waals surface area (Å²) in [7, 11) is 1.65. The van der Waals surface area contributed by atoms with Crippen molar-refractivity contribution in [1.29, 1.82) is 0 Å². The molecule has 0 aliphatic carbocycles. The molecule has 0 aliphatic heterocycles. The summed E-state index contributed by atoms with van der Waals surface area (Å²) >= 11 is 0. The zero-order valence-corrected chi connectivity index (χ0v) is 16.1. The number of para-hydroxylation sites is 1. The van der Waals surface area contributed by atoms with Crippen LogP contribution in [0.25, 0.3) is 0 Å². The quantitative estimate of drug-likeness (QED) is 0.706. The number of rotatable bonds is 9. The lowest BCUT2D eigenvalue weighted by Gasteiger charge is -2.24. The molecule has 0 bridgehead atoms. The van der Waals surface area contributed by atoms with Crippen LogP contribution in [-0.2, 0) is 4.79 Å². The topological polar surface area (TPSA) is 47.6 Å². The molecule has 0 radical (unpaired) electrons. The third kappa shape index (κ3) is 5.80. The Hall–Kier alpha value is -2.49. The van der Waals surface area contributed by atoms with Crippen molar-refractivity contribution in [2.75, 3.05) is 7.11 Å². The maximum atomic E-state index is 12.8. The minimum atomic E-state index is -0.509. The van der Waals surface area contributed by atoms with Crippen LogP contribution in [-0.4, -0.2) is 19.1 Å². The predicted octanol–water partition coefficient (Wildman–Crippen LogP) is 4.76. The van der Waals surface area contributed by atoms with E-state index in [-0.39, 0.29) is 11.9 Å². The van der Waals surface area contributed by atoms with Gasteiger partial charge in [0.15, 0.2) is 6.10 Å². The van der Waals surface area contributed by atoms with Gasteiger partial charge in [0.2, 0.25) is 0 Å². The zero-order valence-electron chi connectivity index (χ0n) is 16.1.